The molecular weight excluding hydrogens is 276 g/mol. The van der Waals surface area contributed by atoms with Crippen LogP contribution in [0.2, 0.25) is 0 Å². The number of nitrogens with one attached hydrogen (secondary N) is 1. The van der Waals surface area contributed by atoms with E-state index in [0.717, 1.165) is 12.0 Å². The van der Waals surface area contributed by atoms with E-state index in [1.165, 1.54) is 5.56 Å². The van der Waals surface area contributed by atoms with Crippen LogP contribution in [0, 0.1) is 5.92 Å². The summed E-state index contributed by atoms with van der Waals surface area (Å²) in [5, 5.41) is 13.6. The van der Waals surface area contributed by atoms with E-state index in [1.54, 1.807) is 25.1 Å². The Morgan fingerprint density at radius 1 is 1.18 bits per heavy atom. The summed E-state index contributed by atoms with van der Waals surface area (Å²) in [5.74, 6) is 0.443. The minimum Gasteiger partial charge on any atom is -0.508 e. The number of carbonyl (C=O) groups excluding carboxylic acids is 1. The third-order valence-electron chi connectivity index (χ3n) is 3.95. The highest BCUT2D eigenvalue weighted by Crippen LogP contribution is 2.47. The first-order valence-electron chi connectivity index (χ1n) is 7.33. The van der Waals surface area contributed by atoms with Crippen LogP contribution in [0.1, 0.15) is 30.4 Å². The molecule has 0 aromatic heterocycles. The van der Waals surface area contributed by atoms with Crippen molar-refractivity contribution in [1.82, 2.24) is 5.43 Å². The summed E-state index contributed by atoms with van der Waals surface area (Å²) in [6.45, 7) is 1.80. The molecule has 3 rings (SSSR count). The fourth-order valence-electron chi connectivity index (χ4n) is 2.57. The van der Waals surface area contributed by atoms with Crippen LogP contribution in [0.5, 0.6) is 5.75 Å². The van der Waals surface area contributed by atoms with Gasteiger partial charge in [-0.05, 0) is 37.0 Å². The molecule has 0 bridgehead atoms. The van der Waals surface area contributed by atoms with Crippen molar-refractivity contribution < 1.29 is 9.90 Å². The zero-order valence-electron chi connectivity index (χ0n) is 12.4. The Morgan fingerprint density at radius 3 is 2.68 bits per heavy atom. The molecule has 0 aliphatic heterocycles. The van der Waals surface area contributed by atoms with Crippen molar-refractivity contribution in [1.29, 1.82) is 0 Å². The lowest BCUT2D eigenvalue weighted by Crippen LogP contribution is -2.21. The van der Waals surface area contributed by atoms with Crippen LogP contribution in [0.15, 0.2) is 59.7 Å². The van der Waals surface area contributed by atoms with Gasteiger partial charge in [0.25, 0.3) is 0 Å². The zero-order chi connectivity index (χ0) is 15.5. The van der Waals surface area contributed by atoms with Crippen molar-refractivity contribution in [2.45, 2.75) is 19.3 Å². The van der Waals surface area contributed by atoms with Gasteiger partial charge >= 0.3 is 0 Å². The largest absolute Gasteiger partial charge is 0.508 e. The monoisotopic (exact) mass is 294 g/mol. The normalized spacial score (nSPS) is 20.5. The first-order chi connectivity index (χ1) is 10.6. The number of phenols is 1. The van der Waals surface area contributed by atoms with E-state index in [1.807, 2.05) is 24.3 Å². The van der Waals surface area contributed by atoms with Gasteiger partial charge in [0, 0.05) is 11.5 Å². The second kappa shape index (κ2) is 6.02. The molecule has 2 aromatic carbocycles. The van der Waals surface area contributed by atoms with E-state index < -0.39 is 0 Å². The quantitative estimate of drug-likeness (QED) is 0.672. The van der Waals surface area contributed by atoms with Crippen LogP contribution in [0.25, 0.3) is 0 Å². The second-order valence-electron chi connectivity index (χ2n) is 5.58. The van der Waals surface area contributed by atoms with Crippen molar-refractivity contribution in [3.8, 4) is 5.75 Å². The highest BCUT2D eigenvalue weighted by molar-refractivity contribution is 5.99. The van der Waals surface area contributed by atoms with Crippen LogP contribution in [0.4, 0.5) is 0 Å². The van der Waals surface area contributed by atoms with Crippen LogP contribution in [0.3, 0.4) is 0 Å². The molecule has 0 heterocycles. The first kappa shape index (κ1) is 14.3. The van der Waals surface area contributed by atoms with Crippen LogP contribution >= 0.6 is 0 Å². The summed E-state index contributed by atoms with van der Waals surface area (Å²) in [6.07, 6.45) is 0.872. The molecular formula is C18H18N2O2. The van der Waals surface area contributed by atoms with Gasteiger partial charge in [0.15, 0.2) is 0 Å². The van der Waals surface area contributed by atoms with Gasteiger partial charge < -0.3 is 5.11 Å². The van der Waals surface area contributed by atoms with Gasteiger partial charge in [-0.2, -0.15) is 5.10 Å². The highest BCUT2D eigenvalue weighted by atomic mass is 16.3. The molecule has 0 saturated heterocycles. The average Bonchev–Trinajstić information content (AvgIpc) is 3.34. The number of aromatic hydroxyl groups is 1. The molecule has 22 heavy (non-hydrogen) atoms. The molecule has 0 spiro atoms. The predicted molar refractivity (Wildman–Crippen MR) is 85.8 cm³/mol. The van der Waals surface area contributed by atoms with Gasteiger partial charge in [-0.25, -0.2) is 5.43 Å². The Kier molecular flexibility index (Phi) is 3.92. The fourth-order valence-corrected chi connectivity index (χ4v) is 2.57. The van der Waals surface area contributed by atoms with E-state index in [-0.39, 0.29) is 17.6 Å². The van der Waals surface area contributed by atoms with E-state index in [4.69, 9.17) is 0 Å². The van der Waals surface area contributed by atoms with Crippen molar-refractivity contribution in [2.24, 2.45) is 11.0 Å². The Balaban J connectivity index is 1.60. The molecule has 4 heteroatoms. The van der Waals surface area contributed by atoms with Crippen LogP contribution < -0.4 is 5.43 Å². The Labute approximate surface area is 129 Å². The van der Waals surface area contributed by atoms with Crippen LogP contribution in [-0.2, 0) is 4.79 Å². The third kappa shape index (κ3) is 3.17. The second-order valence-corrected chi connectivity index (χ2v) is 5.58. The molecule has 4 nitrogen and oxygen atoms in total. The number of hydrazone groups is 1. The van der Waals surface area contributed by atoms with Crippen molar-refractivity contribution in [2.75, 3.05) is 0 Å². The summed E-state index contributed by atoms with van der Waals surface area (Å²) in [6, 6.07) is 16.9. The fraction of sp³-hybridized carbons (Fsp3) is 0.222. The number of amides is 1. The maximum absolute atomic E-state index is 12.1. The Hall–Kier alpha value is -2.62. The molecule has 2 N–H and O–H groups in total. The molecule has 2 unspecified atom stereocenters. The van der Waals surface area contributed by atoms with Gasteiger partial charge in [-0.15, -0.1) is 0 Å². The van der Waals surface area contributed by atoms with Gasteiger partial charge in [-0.1, -0.05) is 42.5 Å². The molecule has 1 amide bonds. The van der Waals surface area contributed by atoms with Crippen molar-refractivity contribution in [3.05, 3.63) is 65.7 Å². The number of benzene rings is 2. The Morgan fingerprint density at radius 2 is 1.95 bits per heavy atom. The van der Waals surface area contributed by atoms with E-state index in [2.05, 4.69) is 22.7 Å². The standard InChI is InChI=1S/C18H18N2O2/c1-12(14-8-5-9-15(21)10-14)19-20-18(22)17-11-16(17)13-6-3-2-4-7-13/h2-10,16-17,21H,11H2,1H3,(H,20,22)/b19-12+. The molecule has 1 aliphatic rings. The topological polar surface area (TPSA) is 61.7 Å². The molecule has 1 fully saturated rings. The van der Waals surface area contributed by atoms with Gasteiger partial charge in [0.1, 0.15) is 5.75 Å². The smallest absolute Gasteiger partial charge is 0.243 e. The minimum absolute atomic E-state index is 0.00289. The lowest BCUT2D eigenvalue weighted by Gasteiger charge is -2.03. The lowest BCUT2D eigenvalue weighted by molar-refractivity contribution is -0.122. The third-order valence-corrected chi connectivity index (χ3v) is 3.95. The van der Waals surface area contributed by atoms with Gasteiger partial charge in [0.05, 0.1) is 5.71 Å². The van der Waals surface area contributed by atoms with Crippen LogP contribution in [-0.4, -0.2) is 16.7 Å². The van der Waals surface area contributed by atoms with Crippen molar-refractivity contribution >= 4 is 11.6 Å². The molecule has 1 aliphatic carbocycles. The number of hydrogen-bond donors (Lipinski definition) is 2. The number of phenolic OH excluding ortho intramolecular Hbond substituents is 1. The number of carbonyl (C=O) groups is 1. The SMILES string of the molecule is C/C(=N\NC(=O)C1CC1c1ccccc1)c1cccc(O)c1. The number of hydrogen-bond acceptors (Lipinski definition) is 3. The summed E-state index contributed by atoms with van der Waals surface area (Å²) >= 11 is 0. The predicted octanol–water partition coefficient (Wildman–Crippen LogP) is 3.04. The maximum Gasteiger partial charge on any atom is 0.243 e. The maximum atomic E-state index is 12.1. The summed E-state index contributed by atoms with van der Waals surface area (Å²) in [4.78, 5) is 12.1. The number of nitrogens with zero attached hydrogens (tertiary/aromatic N) is 1. The Bertz CT molecular complexity index is 710. The minimum atomic E-state index is -0.0478. The summed E-state index contributed by atoms with van der Waals surface area (Å²) in [5.41, 5.74) is 5.29. The van der Waals surface area contributed by atoms with Gasteiger partial charge in [-0.3, -0.25) is 4.79 Å². The molecule has 2 atom stereocenters. The number of rotatable bonds is 4. The summed E-state index contributed by atoms with van der Waals surface area (Å²) < 4.78 is 0. The molecule has 1 saturated carbocycles. The van der Waals surface area contributed by atoms with E-state index >= 15 is 0 Å². The first-order valence-corrected chi connectivity index (χ1v) is 7.33. The molecule has 2 aromatic rings. The molecule has 0 radical (unpaired) electrons. The zero-order valence-corrected chi connectivity index (χ0v) is 12.4. The van der Waals surface area contributed by atoms with Crippen molar-refractivity contribution in [3.63, 3.8) is 0 Å². The van der Waals surface area contributed by atoms with E-state index in [0.29, 0.717) is 11.6 Å². The highest BCUT2D eigenvalue weighted by Gasteiger charge is 2.43. The van der Waals surface area contributed by atoms with Gasteiger partial charge in [0.2, 0.25) is 5.91 Å². The van der Waals surface area contributed by atoms with E-state index in [9.17, 15) is 9.90 Å². The summed E-state index contributed by atoms with van der Waals surface area (Å²) in [7, 11) is 0. The lowest BCUT2D eigenvalue weighted by atomic mass is 10.1. The molecule has 112 valence electrons. The average molecular weight is 294 g/mol.